The smallest absolute Gasteiger partial charge is 0.262 e. The molecule has 0 bridgehead atoms. The zero-order valence-electron chi connectivity index (χ0n) is 16.9. The molecule has 1 heterocycles. The fraction of sp³-hybridized carbons (Fsp3) is 0.120. The van der Waals surface area contributed by atoms with Crippen molar-refractivity contribution in [3.05, 3.63) is 89.3 Å². The summed E-state index contributed by atoms with van der Waals surface area (Å²) in [6.07, 6.45) is 0. The molecule has 150 valence electrons. The maximum atomic E-state index is 12.2. The van der Waals surface area contributed by atoms with Crippen LogP contribution in [0.15, 0.2) is 78.9 Å². The first-order chi connectivity index (χ1) is 14.6. The minimum absolute atomic E-state index is 0.0313. The van der Waals surface area contributed by atoms with Crippen molar-refractivity contribution in [1.82, 2.24) is 4.98 Å². The van der Waals surface area contributed by atoms with Gasteiger partial charge in [-0.05, 0) is 38.1 Å². The van der Waals surface area contributed by atoms with Crippen LogP contribution in [0, 0.1) is 13.8 Å². The quantitative estimate of drug-likeness (QED) is 0.414. The normalized spacial score (nSPS) is 10.6. The number of ether oxygens (including phenoxy) is 1. The molecule has 0 aliphatic carbocycles. The van der Waals surface area contributed by atoms with Gasteiger partial charge in [0.2, 0.25) is 0 Å². The number of amides is 1. The topological polar surface area (TPSA) is 51.2 Å². The van der Waals surface area contributed by atoms with Crippen molar-refractivity contribution in [2.75, 3.05) is 11.9 Å². The SMILES string of the molecule is Cc1ccc(OCC(=O)Nc2ccc(-c3nc(-c4ccccc4)sc3C)cc2)cc1. The molecule has 0 aliphatic heterocycles. The van der Waals surface area contributed by atoms with Gasteiger partial charge in [0.25, 0.3) is 5.91 Å². The van der Waals surface area contributed by atoms with Crippen LogP contribution in [-0.2, 0) is 4.79 Å². The van der Waals surface area contributed by atoms with E-state index in [2.05, 4.69) is 24.4 Å². The number of benzene rings is 3. The van der Waals surface area contributed by atoms with Crippen LogP contribution in [0.5, 0.6) is 5.75 Å². The summed E-state index contributed by atoms with van der Waals surface area (Å²) in [5, 5.41) is 3.87. The first-order valence-electron chi connectivity index (χ1n) is 9.71. The molecule has 3 aromatic carbocycles. The van der Waals surface area contributed by atoms with Crippen molar-refractivity contribution in [3.8, 4) is 27.6 Å². The molecule has 0 saturated carbocycles. The average Bonchev–Trinajstić information content (AvgIpc) is 3.16. The summed E-state index contributed by atoms with van der Waals surface area (Å²) in [4.78, 5) is 18.2. The lowest BCUT2D eigenvalue weighted by Crippen LogP contribution is -2.20. The number of carbonyl (C=O) groups is 1. The Morgan fingerprint density at radius 2 is 1.60 bits per heavy atom. The van der Waals surface area contributed by atoms with Crippen LogP contribution in [0.25, 0.3) is 21.8 Å². The van der Waals surface area contributed by atoms with Gasteiger partial charge in [-0.3, -0.25) is 4.79 Å². The van der Waals surface area contributed by atoms with Crippen LogP contribution in [0.1, 0.15) is 10.4 Å². The Hall–Kier alpha value is -3.44. The van der Waals surface area contributed by atoms with Crippen LogP contribution in [0.2, 0.25) is 0 Å². The molecule has 4 nitrogen and oxygen atoms in total. The highest BCUT2D eigenvalue weighted by molar-refractivity contribution is 7.15. The van der Waals surface area contributed by atoms with E-state index in [0.29, 0.717) is 5.75 Å². The molecule has 30 heavy (non-hydrogen) atoms. The zero-order valence-corrected chi connectivity index (χ0v) is 17.7. The Labute approximate surface area is 180 Å². The van der Waals surface area contributed by atoms with Crippen molar-refractivity contribution in [2.24, 2.45) is 0 Å². The van der Waals surface area contributed by atoms with Crippen LogP contribution >= 0.6 is 11.3 Å². The first kappa shape index (κ1) is 19.9. The molecule has 0 aliphatic rings. The first-order valence-corrected chi connectivity index (χ1v) is 10.5. The second-order valence-electron chi connectivity index (χ2n) is 7.02. The number of anilines is 1. The monoisotopic (exact) mass is 414 g/mol. The standard InChI is InChI=1S/C25H22N2O2S/c1-17-8-14-22(15-9-17)29-16-23(28)26-21-12-10-19(11-13-21)24-18(2)30-25(27-24)20-6-4-3-5-7-20/h3-15H,16H2,1-2H3,(H,26,28). The maximum Gasteiger partial charge on any atom is 0.262 e. The van der Waals surface area contributed by atoms with E-state index in [4.69, 9.17) is 9.72 Å². The van der Waals surface area contributed by atoms with Crippen LogP contribution < -0.4 is 10.1 Å². The second-order valence-corrected chi connectivity index (χ2v) is 8.22. The number of carbonyl (C=O) groups excluding carboxylic acids is 1. The van der Waals surface area contributed by atoms with E-state index >= 15 is 0 Å². The Balaban J connectivity index is 1.40. The van der Waals surface area contributed by atoms with E-state index in [-0.39, 0.29) is 12.5 Å². The third-order valence-electron chi connectivity index (χ3n) is 4.65. The number of nitrogens with one attached hydrogen (secondary N) is 1. The molecule has 1 aromatic heterocycles. The molecule has 0 spiro atoms. The summed E-state index contributed by atoms with van der Waals surface area (Å²) < 4.78 is 5.53. The van der Waals surface area contributed by atoms with Gasteiger partial charge in [-0.25, -0.2) is 4.98 Å². The van der Waals surface area contributed by atoms with Crippen molar-refractivity contribution >= 4 is 22.9 Å². The molecule has 0 radical (unpaired) electrons. The summed E-state index contributed by atoms with van der Waals surface area (Å²) in [5.41, 5.74) is 5.00. The summed E-state index contributed by atoms with van der Waals surface area (Å²) in [7, 11) is 0. The molecular weight excluding hydrogens is 392 g/mol. The molecular formula is C25H22N2O2S. The molecule has 0 atom stereocenters. The van der Waals surface area contributed by atoms with Gasteiger partial charge in [0.15, 0.2) is 6.61 Å². The van der Waals surface area contributed by atoms with Crippen molar-refractivity contribution < 1.29 is 9.53 Å². The van der Waals surface area contributed by atoms with E-state index in [0.717, 1.165) is 38.0 Å². The molecule has 0 saturated heterocycles. The Kier molecular flexibility index (Phi) is 5.91. The minimum Gasteiger partial charge on any atom is -0.484 e. The molecule has 4 rings (SSSR count). The molecule has 1 N–H and O–H groups in total. The fourth-order valence-electron chi connectivity index (χ4n) is 3.06. The van der Waals surface area contributed by atoms with Gasteiger partial charge in [0.1, 0.15) is 10.8 Å². The summed E-state index contributed by atoms with van der Waals surface area (Å²) in [5.74, 6) is 0.485. The lowest BCUT2D eigenvalue weighted by Gasteiger charge is -2.08. The highest BCUT2D eigenvalue weighted by atomic mass is 32.1. The van der Waals surface area contributed by atoms with Crippen LogP contribution in [0.4, 0.5) is 5.69 Å². The summed E-state index contributed by atoms with van der Waals surface area (Å²) in [6.45, 7) is 4.06. The fourth-order valence-corrected chi connectivity index (χ4v) is 4.00. The summed E-state index contributed by atoms with van der Waals surface area (Å²) >= 11 is 1.69. The van der Waals surface area contributed by atoms with Gasteiger partial charge in [0, 0.05) is 21.7 Å². The number of aryl methyl sites for hydroxylation is 2. The number of aromatic nitrogens is 1. The third kappa shape index (κ3) is 4.75. The predicted octanol–water partition coefficient (Wildman–Crippen LogP) is 6.11. The molecule has 0 unspecified atom stereocenters. The van der Waals surface area contributed by atoms with Gasteiger partial charge < -0.3 is 10.1 Å². The molecule has 4 aromatic rings. The second kappa shape index (κ2) is 8.93. The average molecular weight is 415 g/mol. The van der Waals surface area contributed by atoms with Gasteiger partial charge in [-0.2, -0.15) is 0 Å². The lowest BCUT2D eigenvalue weighted by atomic mass is 10.1. The van der Waals surface area contributed by atoms with Crippen LogP contribution in [-0.4, -0.2) is 17.5 Å². The molecule has 1 amide bonds. The van der Waals surface area contributed by atoms with E-state index in [1.165, 1.54) is 0 Å². The Bertz CT molecular complexity index is 1130. The lowest BCUT2D eigenvalue weighted by molar-refractivity contribution is -0.118. The summed E-state index contributed by atoms with van der Waals surface area (Å²) in [6, 6.07) is 25.5. The number of nitrogens with zero attached hydrogens (tertiary/aromatic N) is 1. The zero-order chi connectivity index (χ0) is 20.9. The third-order valence-corrected chi connectivity index (χ3v) is 5.67. The van der Waals surface area contributed by atoms with E-state index in [9.17, 15) is 4.79 Å². The molecule has 0 fully saturated rings. The maximum absolute atomic E-state index is 12.2. The van der Waals surface area contributed by atoms with Gasteiger partial charge >= 0.3 is 0 Å². The largest absolute Gasteiger partial charge is 0.484 e. The predicted molar refractivity (Wildman–Crippen MR) is 123 cm³/mol. The van der Waals surface area contributed by atoms with E-state index in [1.807, 2.05) is 73.7 Å². The number of hydrogen-bond acceptors (Lipinski definition) is 4. The Morgan fingerprint density at radius 3 is 2.30 bits per heavy atom. The van der Waals surface area contributed by atoms with Gasteiger partial charge in [-0.1, -0.05) is 60.2 Å². The van der Waals surface area contributed by atoms with Gasteiger partial charge in [0.05, 0.1) is 5.69 Å². The van der Waals surface area contributed by atoms with Gasteiger partial charge in [-0.15, -0.1) is 11.3 Å². The number of hydrogen-bond donors (Lipinski definition) is 1. The van der Waals surface area contributed by atoms with Crippen molar-refractivity contribution in [3.63, 3.8) is 0 Å². The number of thiazole rings is 1. The minimum atomic E-state index is -0.195. The highest BCUT2D eigenvalue weighted by Gasteiger charge is 2.11. The molecule has 5 heteroatoms. The van der Waals surface area contributed by atoms with Crippen molar-refractivity contribution in [1.29, 1.82) is 0 Å². The van der Waals surface area contributed by atoms with E-state index < -0.39 is 0 Å². The highest BCUT2D eigenvalue weighted by Crippen LogP contribution is 2.33. The Morgan fingerprint density at radius 1 is 0.900 bits per heavy atom. The van der Waals surface area contributed by atoms with Crippen LogP contribution in [0.3, 0.4) is 0 Å². The number of rotatable bonds is 6. The van der Waals surface area contributed by atoms with Crippen molar-refractivity contribution in [2.45, 2.75) is 13.8 Å². The van der Waals surface area contributed by atoms with E-state index in [1.54, 1.807) is 11.3 Å².